The fraction of sp³-hybridized carbons (Fsp3) is 0.143. The number of anilines is 3. The van der Waals surface area contributed by atoms with Crippen LogP contribution in [0.1, 0.15) is 11.3 Å². The summed E-state index contributed by atoms with van der Waals surface area (Å²) in [5, 5.41) is 6.56. The molecule has 5 nitrogen and oxygen atoms in total. The van der Waals surface area contributed by atoms with Gasteiger partial charge in [0, 0.05) is 48.5 Å². The van der Waals surface area contributed by atoms with Gasteiger partial charge in [-0.2, -0.15) is 0 Å². The van der Waals surface area contributed by atoms with Gasteiger partial charge in [0.1, 0.15) is 0 Å². The van der Waals surface area contributed by atoms with Crippen LogP contribution in [0.2, 0.25) is 0 Å². The zero-order valence-electron chi connectivity index (χ0n) is 15.1. The first-order chi connectivity index (χ1) is 12.5. The lowest BCUT2D eigenvalue weighted by molar-refractivity contribution is 1.14. The van der Waals surface area contributed by atoms with Crippen LogP contribution < -0.4 is 16.4 Å². The summed E-state index contributed by atoms with van der Waals surface area (Å²) < 4.78 is 0. The van der Waals surface area contributed by atoms with E-state index in [0.717, 1.165) is 39.5 Å². The largest absolute Gasteiger partial charge is 0.397 e. The summed E-state index contributed by atoms with van der Waals surface area (Å²) >= 11 is 0. The number of allylic oxidation sites excluding steroid dienone is 1. The smallest absolute Gasteiger partial charge is 0.0568 e. The Morgan fingerprint density at radius 3 is 2.62 bits per heavy atom. The number of hydrogen-bond donors (Lipinski definition) is 3. The third-order valence-electron chi connectivity index (χ3n) is 4.10. The molecular formula is C21H23N5. The van der Waals surface area contributed by atoms with Crippen molar-refractivity contribution in [3.8, 4) is 11.1 Å². The molecule has 0 aliphatic carbocycles. The van der Waals surface area contributed by atoms with Gasteiger partial charge in [0.05, 0.1) is 17.6 Å². The van der Waals surface area contributed by atoms with Crippen molar-refractivity contribution >= 4 is 17.1 Å². The highest BCUT2D eigenvalue weighted by Gasteiger charge is 2.08. The minimum Gasteiger partial charge on any atom is -0.397 e. The molecule has 26 heavy (non-hydrogen) atoms. The number of pyridine rings is 2. The maximum Gasteiger partial charge on any atom is 0.0568 e. The first-order valence-corrected chi connectivity index (χ1v) is 8.44. The highest BCUT2D eigenvalue weighted by Crippen LogP contribution is 2.27. The second kappa shape index (κ2) is 7.70. The van der Waals surface area contributed by atoms with E-state index in [9.17, 15) is 0 Å². The van der Waals surface area contributed by atoms with Crippen LogP contribution in [0.5, 0.6) is 0 Å². The third-order valence-corrected chi connectivity index (χ3v) is 4.10. The molecule has 2 aromatic heterocycles. The minimum atomic E-state index is 0.652. The maximum atomic E-state index is 5.86. The predicted octanol–water partition coefficient (Wildman–Crippen LogP) is 4.24. The molecule has 0 saturated heterocycles. The first kappa shape index (κ1) is 17.5. The Labute approximate surface area is 154 Å². The Bertz CT molecular complexity index is 916. The molecule has 0 atom stereocenters. The molecule has 0 saturated carbocycles. The maximum absolute atomic E-state index is 5.86. The van der Waals surface area contributed by atoms with E-state index in [1.165, 1.54) is 0 Å². The number of nitrogens with one attached hydrogen (secondary N) is 2. The predicted molar refractivity (Wildman–Crippen MR) is 109 cm³/mol. The Hall–Kier alpha value is -3.34. The number of aryl methyl sites for hydroxylation is 1. The molecule has 0 aliphatic rings. The van der Waals surface area contributed by atoms with Gasteiger partial charge in [-0.25, -0.2) is 0 Å². The van der Waals surface area contributed by atoms with E-state index >= 15 is 0 Å². The summed E-state index contributed by atoms with van der Waals surface area (Å²) in [7, 11) is 1.92. The van der Waals surface area contributed by atoms with E-state index < -0.39 is 0 Å². The summed E-state index contributed by atoms with van der Waals surface area (Å²) in [6, 6.07) is 12.2. The van der Waals surface area contributed by atoms with Gasteiger partial charge in [0.2, 0.25) is 0 Å². The van der Waals surface area contributed by atoms with Crippen molar-refractivity contribution in [1.29, 1.82) is 0 Å². The van der Waals surface area contributed by atoms with Gasteiger partial charge >= 0.3 is 0 Å². The highest BCUT2D eigenvalue weighted by atomic mass is 14.9. The van der Waals surface area contributed by atoms with Gasteiger partial charge in [-0.05, 0) is 48.4 Å². The first-order valence-electron chi connectivity index (χ1n) is 8.44. The van der Waals surface area contributed by atoms with Gasteiger partial charge in [-0.3, -0.25) is 9.97 Å². The normalized spacial score (nSPS) is 10.4. The molecule has 0 amide bonds. The van der Waals surface area contributed by atoms with Crippen LogP contribution in [0, 0.1) is 6.92 Å². The van der Waals surface area contributed by atoms with Crippen LogP contribution in [-0.2, 0) is 6.42 Å². The average Bonchev–Trinajstić information content (AvgIpc) is 2.63. The number of rotatable bonds is 6. The van der Waals surface area contributed by atoms with Crippen molar-refractivity contribution in [1.82, 2.24) is 9.97 Å². The fourth-order valence-electron chi connectivity index (χ4n) is 2.80. The number of nitrogen functional groups attached to an aromatic ring is 1. The lowest BCUT2D eigenvalue weighted by Gasteiger charge is -2.15. The zero-order chi connectivity index (χ0) is 18.5. The molecule has 0 fully saturated rings. The summed E-state index contributed by atoms with van der Waals surface area (Å²) in [5.74, 6) is 0. The van der Waals surface area contributed by atoms with Crippen molar-refractivity contribution in [2.45, 2.75) is 13.3 Å². The molecular weight excluding hydrogens is 322 g/mol. The number of benzene rings is 1. The third kappa shape index (κ3) is 4.19. The summed E-state index contributed by atoms with van der Waals surface area (Å²) in [4.78, 5) is 8.48. The standard InChI is InChI=1S/C21H23N5/c1-14-4-6-20(13-25-14)26-15(2)8-17-9-16(5-7-21(17)23-3)18-10-19(22)12-24-11-18/h4-7,9-13,23,26H,2,8,22H2,1,3H3. The van der Waals surface area contributed by atoms with Crippen LogP contribution in [0.25, 0.3) is 11.1 Å². The van der Waals surface area contributed by atoms with Crippen molar-refractivity contribution in [2.75, 3.05) is 23.4 Å². The van der Waals surface area contributed by atoms with Crippen molar-refractivity contribution in [3.05, 3.63) is 78.5 Å². The Morgan fingerprint density at radius 1 is 1.08 bits per heavy atom. The van der Waals surface area contributed by atoms with Crippen LogP contribution >= 0.6 is 0 Å². The number of nitrogens with zero attached hydrogens (tertiary/aromatic N) is 2. The van der Waals surface area contributed by atoms with Crippen molar-refractivity contribution in [3.63, 3.8) is 0 Å². The van der Waals surface area contributed by atoms with E-state index in [4.69, 9.17) is 5.73 Å². The van der Waals surface area contributed by atoms with E-state index in [0.29, 0.717) is 12.1 Å². The lowest BCUT2D eigenvalue weighted by Crippen LogP contribution is -2.04. The zero-order valence-corrected chi connectivity index (χ0v) is 15.1. The molecule has 2 heterocycles. The van der Waals surface area contributed by atoms with Crippen molar-refractivity contribution < 1.29 is 0 Å². The van der Waals surface area contributed by atoms with Gasteiger partial charge in [0.25, 0.3) is 0 Å². The summed E-state index contributed by atoms with van der Waals surface area (Å²) in [6.45, 7) is 6.13. The van der Waals surface area contributed by atoms with Crippen LogP contribution in [0.3, 0.4) is 0 Å². The quantitative estimate of drug-likeness (QED) is 0.623. The van der Waals surface area contributed by atoms with E-state index in [2.05, 4.69) is 45.4 Å². The molecule has 3 rings (SSSR count). The highest BCUT2D eigenvalue weighted by molar-refractivity contribution is 5.70. The van der Waals surface area contributed by atoms with Crippen LogP contribution in [-0.4, -0.2) is 17.0 Å². The second-order valence-corrected chi connectivity index (χ2v) is 6.22. The molecule has 3 aromatic rings. The van der Waals surface area contributed by atoms with E-state index in [1.54, 1.807) is 6.20 Å². The number of aromatic nitrogens is 2. The van der Waals surface area contributed by atoms with Gasteiger partial charge in [0.15, 0.2) is 0 Å². The average molecular weight is 345 g/mol. The molecule has 0 bridgehead atoms. The van der Waals surface area contributed by atoms with Gasteiger partial charge < -0.3 is 16.4 Å². The SMILES string of the molecule is C=C(Cc1cc(-c2cncc(N)c2)ccc1NC)Nc1ccc(C)nc1. The number of nitrogens with two attached hydrogens (primary N) is 1. The summed E-state index contributed by atoms with van der Waals surface area (Å²) in [5.41, 5.74) is 13.6. The summed E-state index contributed by atoms with van der Waals surface area (Å²) in [6.07, 6.45) is 5.97. The molecule has 0 aliphatic heterocycles. The minimum absolute atomic E-state index is 0.652. The Morgan fingerprint density at radius 2 is 1.92 bits per heavy atom. The molecule has 0 unspecified atom stereocenters. The second-order valence-electron chi connectivity index (χ2n) is 6.22. The Kier molecular flexibility index (Phi) is 5.17. The monoisotopic (exact) mass is 345 g/mol. The number of hydrogen-bond acceptors (Lipinski definition) is 5. The van der Waals surface area contributed by atoms with Gasteiger partial charge in [-0.1, -0.05) is 12.6 Å². The van der Waals surface area contributed by atoms with Crippen molar-refractivity contribution in [2.24, 2.45) is 0 Å². The topological polar surface area (TPSA) is 75.9 Å². The molecule has 132 valence electrons. The van der Waals surface area contributed by atoms with Gasteiger partial charge in [-0.15, -0.1) is 0 Å². The molecule has 5 heteroatoms. The molecule has 4 N–H and O–H groups in total. The van der Waals surface area contributed by atoms with E-state index in [-0.39, 0.29) is 0 Å². The molecule has 0 radical (unpaired) electrons. The van der Waals surface area contributed by atoms with E-state index in [1.807, 2.05) is 44.6 Å². The van der Waals surface area contributed by atoms with Crippen LogP contribution in [0.4, 0.5) is 17.1 Å². The van der Waals surface area contributed by atoms with Crippen LogP contribution in [0.15, 0.2) is 67.3 Å². The Balaban J connectivity index is 1.82. The molecule has 0 spiro atoms. The lowest BCUT2D eigenvalue weighted by atomic mass is 10.00. The molecule has 1 aromatic carbocycles. The fourth-order valence-corrected chi connectivity index (χ4v) is 2.80.